The quantitative estimate of drug-likeness (QED) is 0.585. The Morgan fingerprint density at radius 3 is 2.67 bits per heavy atom. The highest BCUT2D eigenvalue weighted by Gasteiger charge is 2.32. The van der Waals surface area contributed by atoms with Crippen LogP contribution in [0.3, 0.4) is 0 Å². The van der Waals surface area contributed by atoms with Crippen LogP contribution in [0.2, 0.25) is 0 Å². The first-order valence-corrected chi connectivity index (χ1v) is 11.8. The van der Waals surface area contributed by atoms with Gasteiger partial charge in [0, 0.05) is 55.4 Å². The molecule has 33 heavy (non-hydrogen) atoms. The molecule has 3 aromatic rings. The van der Waals surface area contributed by atoms with Gasteiger partial charge in [-0.15, -0.1) is 11.3 Å². The molecule has 1 aromatic heterocycles. The number of anilines is 1. The van der Waals surface area contributed by atoms with E-state index in [1.54, 1.807) is 17.6 Å². The Morgan fingerprint density at radius 2 is 1.94 bits per heavy atom. The van der Waals surface area contributed by atoms with Gasteiger partial charge < -0.3 is 15.5 Å². The van der Waals surface area contributed by atoms with Gasteiger partial charge in [-0.25, -0.2) is 9.37 Å². The van der Waals surface area contributed by atoms with Crippen LogP contribution in [-0.4, -0.2) is 59.3 Å². The molecule has 7 nitrogen and oxygen atoms in total. The molecule has 0 aliphatic carbocycles. The molecule has 3 heterocycles. The lowest BCUT2D eigenvalue weighted by Crippen LogP contribution is -2.42. The predicted molar refractivity (Wildman–Crippen MR) is 125 cm³/mol. The van der Waals surface area contributed by atoms with Crippen LogP contribution >= 0.6 is 11.3 Å². The lowest BCUT2D eigenvalue weighted by atomic mass is 9.99. The zero-order valence-corrected chi connectivity index (χ0v) is 18.8. The number of carbonyl (C=O) groups excluding carboxylic acids is 2. The van der Waals surface area contributed by atoms with Gasteiger partial charge in [0.05, 0.1) is 6.54 Å². The second kappa shape index (κ2) is 9.38. The van der Waals surface area contributed by atoms with Crippen molar-refractivity contribution in [1.82, 2.24) is 20.1 Å². The molecule has 2 N–H and O–H groups in total. The van der Waals surface area contributed by atoms with Crippen LogP contribution in [0.15, 0.2) is 48.0 Å². The van der Waals surface area contributed by atoms with Gasteiger partial charge in [-0.05, 0) is 28.8 Å². The molecule has 2 aromatic carbocycles. The zero-order chi connectivity index (χ0) is 22.8. The topological polar surface area (TPSA) is 77.6 Å². The van der Waals surface area contributed by atoms with Crippen molar-refractivity contribution in [2.75, 3.05) is 38.0 Å². The summed E-state index contributed by atoms with van der Waals surface area (Å²) in [4.78, 5) is 32.9. The second-order valence-electron chi connectivity index (χ2n) is 8.25. The molecule has 2 amide bonds. The van der Waals surface area contributed by atoms with Gasteiger partial charge in [-0.1, -0.05) is 24.3 Å². The van der Waals surface area contributed by atoms with E-state index in [1.807, 2.05) is 12.1 Å². The maximum Gasteiger partial charge on any atom is 0.255 e. The van der Waals surface area contributed by atoms with E-state index in [-0.39, 0.29) is 24.9 Å². The summed E-state index contributed by atoms with van der Waals surface area (Å²) in [5.41, 5.74) is 3.37. The Balaban J connectivity index is 1.29. The highest BCUT2D eigenvalue weighted by atomic mass is 32.1. The third kappa shape index (κ3) is 4.80. The third-order valence-corrected chi connectivity index (χ3v) is 6.67. The molecule has 0 spiro atoms. The Hall–Kier alpha value is -3.14. The molecule has 1 saturated heterocycles. The summed E-state index contributed by atoms with van der Waals surface area (Å²) in [6.45, 7) is 4.87. The van der Waals surface area contributed by atoms with Crippen molar-refractivity contribution in [3.05, 3.63) is 70.5 Å². The van der Waals surface area contributed by atoms with Crippen molar-refractivity contribution in [3.8, 4) is 11.1 Å². The molecule has 0 bridgehead atoms. The maximum atomic E-state index is 14.9. The molecule has 5 rings (SSSR count). The van der Waals surface area contributed by atoms with Crippen LogP contribution in [0, 0.1) is 5.82 Å². The number of benzene rings is 2. The molecule has 170 valence electrons. The predicted octanol–water partition coefficient (Wildman–Crippen LogP) is 2.95. The van der Waals surface area contributed by atoms with Crippen LogP contribution in [0.1, 0.15) is 21.5 Å². The minimum atomic E-state index is -0.427. The van der Waals surface area contributed by atoms with E-state index in [1.165, 1.54) is 27.9 Å². The minimum Gasteiger partial charge on any atom is -0.325 e. The van der Waals surface area contributed by atoms with Crippen molar-refractivity contribution in [2.24, 2.45) is 0 Å². The summed E-state index contributed by atoms with van der Waals surface area (Å²) in [6, 6.07) is 11.2. The molecule has 0 radical (unpaired) electrons. The zero-order valence-electron chi connectivity index (χ0n) is 18.0. The number of aromatic nitrogens is 1. The van der Waals surface area contributed by atoms with E-state index < -0.39 is 5.82 Å². The molecule has 2 aliphatic heterocycles. The number of hydrogen-bond acceptors (Lipinski definition) is 6. The molecular formula is C24H24FN5O2S. The number of fused-ring (bicyclic) bond motifs is 1. The molecule has 0 atom stereocenters. The third-order valence-electron chi connectivity index (χ3n) is 5.98. The molecular weight excluding hydrogens is 441 g/mol. The first kappa shape index (κ1) is 21.7. The smallest absolute Gasteiger partial charge is 0.255 e. The minimum absolute atomic E-state index is 0.0786. The fourth-order valence-corrected chi connectivity index (χ4v) is 4.81. The Morgan fingerprint density at radius 1 is 1.15 bits per heavy atom. The van der Waals surface area contributed by atoms with Crippen LogP contribution < -0.4 is 10.6 Å². The Bertz CT molecular complexity index is 1160. The number of nitrogens with one attached hydrogen (secondary N) is 2. The van der Waals surface area contributed by atoms with E-state index in [4.69, 9.17) is 0 Å². The summed E-state index contributed by atoms with van der Waals surface area (Å²) in [7, 11) is 0. The fraction of sp³-hybridized carbons (Fsp3) is 0.292. The second-order valence-corrected chi connectivity index (χ2v) is 9.15. The van der Waals surface area contributed by atoms with Crippen LogP contribution in [0.25, 0.3) is 11.1 Å². The van der Waals surface area contributed by atoms with E-state index >= 15 is 0 Å². The summed E-state index contributed by atoms with van der Waals surface area (Å²) in [5.74, 6) is -1.12. The largest absolute Gasteiger partial charge is 0.325 e. The van der Waals surface area contributed by atoms with Gasteiger partial charge in [0.2, 0.25) is 5.91 Å². The van der Waals surface area contributed by atoms with Gasteiger partial charge in [-0.2, -0.15) is 0 Å². The number of nitrogens with zero attached hydrogens (tertiary/aromatic N) is 3. The van der Waals surface area contributed by atoms with Crippen molar-refractivity contribution < 1.29 is 14.0 Å². The normalized spacial score (nSPS) is 16.2. The number of hydrogen-bond donors (Lipinski definition) is 2. The summed E-state index contributed by atoms with van der Waals surface area (Å²) < 4.78 is 14.9. The lowest BCUT2D eigenvalue weighted by molar-refractivity contribution is -0.116. The first-order valence-electron chi connectivity index (χ1n) is 10.9. The van der Waals surface area contributed by atoms with Crippen molar-refractivity contribution in [1.29, 1.82) is 0 Å². The average Bonchev–Trinajstić information content (AvgIpc) is 3.44. The summed E-state index contributed by atoms with van der Waals surface area (Å²) in [5, 5.41) is 8.23. The monoisotopic (exact) mass is 465 g/mol. The van der Waals surface area contributed by atoms with E-state index in [0.29, 0.717) is 21.8 Å². The molecule has 2 aliphatic rings. The SMILES string of the molecule is O=C(CN1Cc2c(F)cc(-c3ccc(CN4CCNCC4)cc3)cc2C1=O)Nc1nccs1. The lowest BCUT2D eigenvalue weighted by Gasteiger charge is -2.27. The van der Waals surface area contributed by atoms with E-state index in [0.717, 1.165) is 38.3 Å². The van der Waals surface area contributed by atoms with Gasteiger partial charge in [-0.3, -0.25) is 14.5 Å². The molecule has 0 saturated carbocycles. The fourth-order valence-electron chi connectivity index (χ4n) is 4.26. The van der Waals surface area contributed by atoms with Gasteiger partial charge in [0.1, 0.15) is 12.4 Å². The maximum absolute atomic E-state index is 14.9. The van der Waals surface area contributed by atoms with Gasteiger partial charge in [0.25, 0.3) is 5.91 Å². The summed E-state index contributed by atoms with van der Waals surface area (Å²) >= 11 is 1.30. The number of thiazole rings is 1. The van der Waals surface area contributed by atoms with E-state index in [9.17, 15) is 14.0 Å². The number of piperazine rings is 1. The van der Waals surface area contributed by atoms with Crippen molar-refractivity contribution in [2.45, 2.75) is 13.1 Å². The number of amides is 2. The summed E-state index contributed by atoms with van der Waals surface area (Å²) in [6.07, 6.45) is 1.59. The molecule has 1 fully saturated rings. The molecule has 0 unspecified atom stereocenters. The Kier molecular flexibility index (Phi) is 6.17. The number of halogens is 1. The highest BCUT2D eigenvalue weighted by Crippen LogP contribution is 2.31. The molecule has 9 heteroatoms. The Labute approximate surface area is 195 Å². The van der Waals surface area contributed by atoms with Crippen molar-refractivity contribution in [3.63, 3.8) is 0 Å². The number of rotatable bonds is 6. The van der Waals surface area contributed by atoms with Crippen molar-refractivity contribution >= 4 is 28.3 Å². The van der Waals surface area contributed by atoms with Crippen LogP contribution in [0.4, 0.5) is 9.52 Å². The average molecular weight is 466 g/mol. The van der Waals surface area contributed by atoms with E-state index in [2.05, 4.69) is 32.7 Å². The van der Waals surface area contributed by atoms with Crippen LogP contribution in [0.5, 0.6) is 0 Å². The standard InChI is InChI=1S/C24H24FN5O2S/c25-21-12-18(17-3-1-16(2-4-17)13-29-8-5-26-6-9-29)11-19-20(21)14-30(23(19)32)15-22(31)28-24-27-7-10-33-24/h1-4,7,10-12,26H,5-6,8-9,13-15H2,(H,27,28,31). The number of carbonyl (C=O) groups is 2. The van der Waals surface area contributed by atoms with Gasteiger partial charge >= 0.3 is 0 Å². The van der Waals surface area contributed by atoms with Gasteiger partial charge in [0.15, 0.2) is 5.13 Å². The van der Waals surface area contributed by atoms with Crippen LogP contribution in [-0.2, 0) is 17.9 Å². The first-order chi connectivity index (χ1) is 16.1. The highest BCUT2D eigenvalue weighted by molar-refractivity contribution is 7.13.